The van der Waals surface area contributed by atoms with Crippen LogP contribution in [0, 0.1) is 11.3 Å². The zero-order valence-electron chi connectivity index (χ0n) is 14.8. The van der Waals surface area contributed by atoms with Crippen molar-refractivity contribution in [2.45, 2.75) is 32.1 Å². The number of rotatable bonds is 5. The van der Waals surface area contributed by atoms with E-state index in [-0.39, 0.29) is 12.0 Å². The maximum Gasteiger partial charge on any atom is 0.310 e. The van der Waals surface area contributed by atoms with Gasteiger partial charge in [-0.2, -0.15) is 5.26 Å². The molecule has 27 heavy (non-hydrogen) atoms. The molecule has 1 aliphatic rings. The van der Waals surface area contributed by atoms with Crippen LogP contribution < -0.4 is 5.32 Å². The van der Waals surface area contributed by atoms with Gasteiger partial charge in [0.1, 0.15) is 6.07 Å². The summed E-state index contributed by atoms with van der Waals surface area (Å²) in [5.74, 6) is -0.986. The van der Waals surface area contributed by atoms with Gasteiger partial charge in [0.2, 0.25) is 0 Å². The average molecular weight is 383 g/mol. The Morgan fingerprint density at radius 2 is 1.89 bits per heavy atom. The minimum Gasteiger partial charge on any atom is -0.455 e. The molecule has 0 heterocycles. The molecule has 2 aromatic carbocycles. The maximum atomic E-state index is 12.0. The number of ether oxygens (including phenoxy) is 1. The van der Waals surface area contributed by atoms with E-state index in [0.29, 0.717) is 10.7 Å². The minimum atomic E-state index is -0.521. The summed E-state index contributed by atoms with van der Waals surface area (Å²) < 4.78 is 5.06. The lowest BCUT2D eigenvalue weighted by molar-refractivity contribution is -0.146. The van der Waals surface area contributed by atoms with Crippen molar-refractivity contribution in [3.63, 3.8) is 0 Å². The number of nitrogens with zero attached hydrogens (tertiary/aromatic N) is 1. The molecule has 0 saturated carbocycles. The van der Waals surface area contributed by atoms with Gasteiger partial charge in [0.25, 0.3) is 5.91 Å². The summed E-state index contributed by atoms with van der Waals surface area (Å²) in [5.41, 5.74) is 4.12. The van der Waals surface area contributed by atoms with Crippen molar-refractivity contribution in [1.82, 2.24) is 0 Å². The second kappa shape index (κ2) is 8.70. The first-order chi connectivity index (χ1) is 13.0. The molecule has 5 nitrogen and oxygen atoms in total. The van der Waals surface area contributed by atoms with Crippen molar-refractivity contribution in [3.05, 3.63) is 63.7 Å². The molecule has 0 radical (unpaired) electrons. The second-order valence-electron chi connectivity index (χ2n) is 6.50. The number of halogens is 1. The Kier molecular flexibility index (Phi) is 6.10. The number of hydrogen-bond acceptors (Lipinski definition) is 4. The van der Waals surface area contributed by atoms with E-state index in [4.69, 9.17) is 21.6 Å². The number of carbonyl (C=O) groups excluding carboxylic acids is 2. The van der Waals surface area contributed by atoms with Crippen LogP contribution in [-0.4, -0.2) is 18.5 Å². The van der Waals surface area contributed by atoms with E-state index in [1.54, 1.807) is 6.07 Å². The molecule has 138 valence electrons. The minimum absolute atomic E-state index is 0.126. The maximum absolute atomic E-state index is 12.0. The molecule has 6 heteroatoms. The lowest BCUT2D eigenvalue weighted by Gasteiger charge is -2.16. The monoisotopic (exact) mass is 382 g/mol. The molecule has 0 unspecified atom stereocenters. The first-order valence-corrected chi connectivity index (χ1v) is 9.19. The zero-order chi connectivity index (χ0) is 19.2. The highest BCUT2D eigenvalue weighted by atomic mass is 35.5. The highest BCUT2D eigenvalue weighted by molar-refractivity contribution is 6.31. The third kappa shape index (κ3) is 5.08. The standard InChI is InChI=1S/C21H19ClN2O3/c22-18-8-7-17(12-23)19(11-18)24-20(25)13-27-21(26)10-14-5-6-15-3-1-2-4-16(15)9-14/h5-9,11H,1-4,10,13H2,(H,24,25). The summed E-state index contributed by atoms with van der Waals surface area (Å²) in [4.78, 5) is 24.0. The van der Waals surface area contributed by atoms with Gasteiger partial charge in [-0.3, -0.25) is 9.59 Å². The Balaban J connectivity index is 1.53. The molecule has 0 aliphatic heterocycles. The van der Waals surface area contributed by atoms with E-state index >= 15 is 0 Å². The quantitative estimate of drug-likeness (QED) is 0.797. The van der Waals surface area contributed by atoms with E-state index in [0.717, 1.165) is 18.4 Å². The fourth-order valence-electron chi connectivity index (χ4n) is 3.16. The number of benzene rings is 2. The van der Waals surface area contributed by atoms with Gasteiger partial charge < -0.3 is 10.1 Å². The second-order valence-corrected chi connectivity index (χ2v) is 6.93. The van der Waals surface area contributed by atoms with Crippen molar-refractivity contribution in [2.75, 3.05) is 11.9 Å². The molecular formula is C21H19ClN2O3. The van der Waals surface area contributed by atoms with E-state index in [1.165, 1.54) is 36.1 Å². The first kappa shape index (κ1) is 18.9. The normalized spacial score (nSPS) is 12.6. The van der Waals surface area contributed by atoms with Gasteiger partial charge >= 0.3 is 5.97 Å². The lowest BCUT2D eigenvalue weighted by atomic mass is 9.90. The van der Waals surface area contributed by atoms with Crippen LogP contribution in [0.25, 0.3) is 0 Å². The molecule has 0 aromatic heterocycles. The highest BCUT2D eigenvalue weighted by Crippen LogP contribution is 2.23. The molecule has 2 aromatic rings. The Labute approximate surface area is 162 Å². The molecule has 0 saturated heterocycles. The summed E-state index contributed by atoms with van der Waals surface area (Å²) in [6, 6.07) is 12.6. The molecule has 1 aliphatic carbocycles. The summed E-state index contributed by atoms with van der Waals surface area (Å²) in [6.45, 7) is -0.416. The zero-order valence-corrected chi connectivity index (χ0v) is 15.5. The van der Waals surface area contributed by atoms with Crippen LogP contribution in [-0.2, 0) is 33.6 Å². The van der Waals surface area contributed by atoms with Crippen molar-refractivity contribution in [2.24, 2.45) is 0 Å². The third-order valence-corrected chi connectivity index (χ3v) is 4.74. The SMILES string of the molecule is N#Cc1ccc(Cl)cc1NC(=O)COC(=O)Cc1ccc2c(c1)CCCC2. The van der Waals surface area contributed by atoms with Crippen LogP contribution in [0.2, 0.25) is 5.02 Å². The van der Waals surface area contributed by atoms with Crippen LogP contribution in [0.4, 0.5) is 5.69 Å². The summed E-state index contributed by atoms with van der Waals surface area (Å²) in [5, 5.41) is 12.0. The van der Waals surface area contributed by atoms with Gasteiger partial charge in [-0.25, -0.2) is 0 Å². The Hall–Kier alpha value is -2.84. The predicted octanol–water partition coefficient (Wildman–Crippen LogP) is 3.81. The number of nitriles is 1. The number of anilines is 1. The van der Waals surface area contributed by atoms with Gasteiger partial charge in [-0.15, -0.1) is 0 Å². The summed E-state index contributed by atoms with van der Waals surface area (Å²) in [7, 11) is 0. The number of nitrogens with one attached hydrogen (secondary N) is 1. The van der Waals surface area contributed by atoms with Gasteiger partial charge in [0.05, 0.1) is 17.7 Å². The Morgan fingerprint density at radius 1 is 1.11 bits per heavy atom. The Bertz CT molecular complexity index is 918. The van der Waals surface area contributed by atoms with Crippen LogP contribution in [0.1, 0.15) is 35.1 Å². The largest absolute Gasteiger partial charge is 0.455 e. The van der Waals surface area contributed by atoms with Gasteiger partial charge in [-0.05, 0) is 60.6 Å². The van der Waals surface area contributed by atoms with E-state index in [2.05, 4.69) is 17.4 Å². The molecule has 0 fully saturated rings. The van der Waals surface area contributed by atoms with Crippen LogP contribution in [0.3, 0.4) is 0 Å². The van der Waals surface area contributed by atoms with Gasteiger partial charge in [0.15, 0.2) is 6.61 Å². The molecule has 1 N–H and O–H groups in total. The first-order valence-electron chi connectivity index (χ1n) is 8.81. The fraction of sp³-hybridized carbons (Fsp3) is 0.286. The lowest BCUT2D eigenvalue weighted by Crippen LogP contribution is -2.22. The number of fused-ring (bicyclic) bond motifs is 1. The number of amides is 1. The molecule has 0 bridgehead atoms. The fourth-order valence-corrected chi connectivity index (χ4v) is 3.34. The number of hydrogen-bond donors (Lipinski definition) is 1. The third-order valence-electron chi connectivity index (χ3n) is 4.50. The van der Waals surface area contributed by atoms with Crippen molar-refractivity contribution >= 4 is 29.2 Å². The van der Waals surface area contributed by atoms with E-state index in [1.807, 2.05) is 12.1 Å². The number of esters is 1. The molecule has 0 atom stereocenters. The van der Waals surface area contributed by atoms with E-state index < -0.39 is 18.5 Å². The predicted molar refractivity (Wildman–Crippen MR) is 103 cm³/mol. The van der Waals surface area contributed by atoms with Crippen LogP contribution in [0.5, 0.6) is 0 Å². The molecule has 3 rings (SSSR count). The highest BCUT2D eigenvalue weighted by Gasteiger charge is 2.14. The molecular weight excluding hydrogens is 364 g/mol. The Morgan fingerprint density at radius 3 is 2.67 bits per heavy atom. The summed E-state index contributed by atoms with van der Waals surface area (Å²) in [6.07, 6.45) is 4.65. The van der Waals surface area contributed by atoms with Gasteiger partial charge in [0, 0.05) is 5.02 Å². The topological polar surface area (TPSA) is 79.2 Å². The average Bonchev–Trinajstić information content (AvgIpc) is 2.66. The van der Waals surface area contributed by atoms with Crippen molar-refractivity contribution in [3.8, 4) is 6.07 Å². The van der Waals surface area contributed by atoms with Gasteiger partial charge in [-0.1, -0.05) is 29.8 Å². The molecule has 1 amide bonds. The number of carbonyl (C=O) groups is 2. The smallest absolute Gasteiger partial charge is 0.310 e. The van der Waals surface area contributed by atoms with E-state index in [9.17, 15) is 9.59 Å². The summed E-state index contributed by atoms with van der Waals surface area (Å²) >= 11 is 5.88. The van der Waals surface area contributed by atoms with Crippen molar-refractivity contribution < 1.29 is 14.3 Å². The van der Waals surface area contributed by atoms with Crippen LogP contribution in [0.15, 0.2) is 36.4 Å². The number of aryl methyl sites for hydroxylation is 2. The molecule has 0 spiro atoms. The van der Waals surface area contributed by atoms with Crippen LogP contribution >= 0.6 is 11.6 Å². The van der Waals surface area contributed by atoms with Crippen molar-refractivity contribution in [1.29, 1.82) is 5.26 Å².